The fourth-order valence-corrected chi connectivity index (χ4v) is 1.26. The van der Waals surface area contributed by atoms with Crippen LogP contribution in [-0.2, 0) is 4.74 Å². The highest BCUT2D eigenvalue weighted by Gasteiger charge is 2.18. The molecule has 0 saturated carbocycles. The van der Waals surface area contributed by atoms with Crippen molar-refractivity contribution in [2.24, 2.45) is 0 Å². The lowest BCUT2D eigenvalue weighted by Crippen LogP contribution is -2.39. The first-order chi connectivity index (χ1) is 7.39. The number of amides is 1. The summed E-state index contributed by atoms with van der Waals surface area (Å²) in [5, 5.41) is 20.2. The van der Waals surface area contributed by atoms with Crippen LogP contribution in [0.1, 0.15) is 40.0 Å². The molecule has 0 aromatic rings. The number of carbonyl (C=O) groups is 1. The van der Waals surface area contributed by atoms with Gasteiger partial charge in [-0.1, -0.05) is 0 Å². The summed E-state index contributed by atoms with van der Waals surface area (Å²) >= 11 is 0. The largest absolute Gasteiger partial charge is 0.444 e. The predicted octanol–water partition coefficient (Wildman–Crippen LogP) is 1.03. The maximum absolute atomic E-state index is 11.4. The zero-order valence-corrected chi connectivity index (χ0v) is 10.3. The van der Waals surface area contributed by atoms with Crippen molar-refractivity contribution in [2.45, 2.75) is 51.7 Å². The highest BCUT2D eigenvalue weighted by Crippen LogP contribution is 2.08. The first-order valence-corrected chi connectivity index (χ1v) is 5.60. The Hall–Kier alpha value is -0.810. The lowest BCUT2D eigenvalue weighted by molar-refractivity contribution is 0.0492. The molecule has 96 valence electrons. The van der Waals surface area contributed by atoms with Crippen LogP contribution in [0.3, 0.4) is 0 Å². The van der Waals surface area contributed by atoms with Gasteiger partial charge in [0, 0.05) is 19.3 Å². The van der Waals surface area contributed by atoms with E-state index >= 15 is 0 Å². The molecule has 0 aromatic carbocycles. The molecule has 5 nitrogen and oxygen atoms in total. The Labute approximate surface area is 96.8 Å². The van der Waals surface area contributed by atoms with E-state index in [1.54, 1.807) is 20.8 Å². The van der Waals surface area contributed by atoms with E-state index in [1.807, 2.05) is 0 Å². The van der Waals surface area contributed by atoms with Gasteiger partial charge in [0.25, 0.3) is 0 Å². The van der Waals surface area contributed by atoms with Gasteiger partial charge in [0.1, 0.15) is 5.60 Å². The van der Waals surface area contributed by atoms with Crippen molar-refractivity contribution in [1.82, 2.24) is 5.32 Å². The van der Waals surface area contributed by atoms with E-state index in [9.17, 15) is 4.79 Å². The van der Waals surface area contributed by atoms with Crippen LogP contribution in [0.25, 0.3) is 0 Å². The van der Waals surface area contributed by atoms with Gasteiger partial charge in [0.05, 0.1) is 0 Å². The van der Waals surface area contributed by atoms with E-state index in [1.165, 1.54) is 0 Å². The molecule has 0 aliphatic heterocycles. The second-order valence-corrected chi connectivity index (χ2v) is 4.72. The highest BCUT2D eigenvalue weighted by molar-refractivity contribution is 5.68. The van der Waals surface area contributed by atoms with Crippen LogP contribution in [0.5, 0.6) is 0 Å². The van der Waals surface area contributed by atoms with Gasteiger partial charge in [-0.15, -0.1) is 0 Å². The molecule has 1 amide bonds. The molecule has 5 heteroatoms. The highest BCUT2D eigenvalue weighted by atomic mass is 16.6. The number of nitrogens with one attached hydrogen (secondary N) is 1. The van der Waals surface area contributed by atoms with Crippen molar-refractivity contribution in [3.8, 4) is 0 Å². The molecule has 0 aliphatic carbocycles. The number of alkyl carbamates (subject to hydrolysis) is 1. The predicted molar refractivity (Wildman–Crippen MR) is 61.2 cm³/mol. The van der Waals surface area contributed by atoms with E-state index in [0.717, 1.165) is 0 Å². The zero-order chi connectivity index (χ0) is 12.6. The third-order valence-electron chi connectivity index (χ3n) is 1.91. The van der Waals surface area contributed by atoms with E-state index in [2.05, 4.69) is 5.32 Å². The maximum Gasteiger partial charge on any atom is 0.407 e. The summed E-state index contributed by atoms with van der Waals surface area (Å²) in [4.78, 5) is 11.4. The molecule has 3 N–H and O–H groups in total. The summed E-state index contributed by atoms with van der Waals surface area (Å²) in [6.45, 7) is 5.47. The monoisotopic (exact) mass is 233 g/mol. The summed E-state index contributed by atoms with van der Waals surface area (Å²) in [5.41, 5.74) is -0.523. The molecule has 16 heavy (non-hydrogen) atoms. The van der Waals surface area contributed by atoms with Crippen molar-refractivity contribution >= 4 is 6.09 Å². The molecule has 0 spiro atoms. The number of ether oxygens (including phenoxy) is 1. The molecular formula is C11H23NO4. The molecule has 0 saturated heterocycles. The van der Waals surface area contributed by atoms with Crippen LogP contribution in [-0.4, -0.2) is 41.2 Å². The van der Waals surface area contributed by atoms with Gasteiger partial charge in [-0.25, -0.2) is 4.79 Å². The number of aliphatic hydroxyl groups is 2. The van der Waals surface area contributed by atoms with Crippen molar-refractivity contribution in [3.63, 3.8) is 0 Å². The molecular weight excluding hydrogens is 210 g/mol. The standard InChI is InChI=1S/C11H23NO4/c1-11(2,3)16-10(15)12-9(6-8-14)5-4-7-13/h9,13-14H,4-8H2,1-3H3,(H,12,15)/t9-/m0/s1. The van der Waals surface area contributed by atoms with Crippen LogP contribution in [0.4, 0.5) is 4.79 Å². The number of carbonyl (C=O) groups excluding carboxylic acids is 1. The number of hydrogen-bond donors (Lipinski definition) is 3. The number of hydrogen-bond acceptors (Lipinski definition) is 4. The fraction of sp³-hybridized carbons (Fsp3) is 0.909. The third kappa shape index (κ3) is 8.49. The minimum Gasteiger partial charge on any atom is -0.444 e. The number of aliphatic hydroxyl groups excluding tert-OH is 2. The lowest BCUT2D eigenvalue weighted by Gasteiger charge is -2.23. The fourth-order valence-electron chi connectivity index (χ4n) is 1.26. The topological polar surface area (TPSA) is 78.8 Å². The normalized spacial score (nSPS) is 13.3. The van der Waals surface area contributed by atoms with Gasteiger partial charge in [-0.05, 0) is 40.0 Å². The van der Waals surface area contributed by atoms with Crippen LogP contribution in [0.2, 0.25) is 0 Å². The molecule has 0 heterocycles. The summed E-state index contributed by atoms with van der Waals surface area (Å²) < 4.78 is 5.10. The van der Waals surface area contributed by atoms with Crippen LogP contribution in [0.15, 0.2) is 0 Å². The Balaban J connectivity index is 4.02. The zero-order valence-electron chi connectivity index (χ0n) is 10.3. The Morgan fingerprint density at radius 3 is 2.31 bits per heavy atom. The van der Waals surface area contributed by atoms with E-state index in [0.29, 0.717) is 19.3 Å². The van der Waals surface area contributed by atoms with Gasteiger partial charge in [-0.3, -0.25) is 0 Å². The van der Waals surface area contributed by atoms with Crippen LogP contribution in [0, 0.1) is 0 Å². The second kappa shape index (κ2) is 7.46. The van der Waals surface area contributed by atoms with E-state index in [-0.39, 0.29) is 19.3 Å². The van der Waals surface area contributed by atoms with Gasteiger partial charge >= 0.3 is 6.09 Å². The Morgan fingerprint density at radius 2 is 1.88 bits per heavy atom. The van der Waals surface area contributed by atoms with Crippen LogP contribution < -0.4 is 5.32 Å². The van der Waals surface area contributed by atoms with Gasteiger partial charge in [-0.2, -0.15) is 0 Å². The molecule has 0 fully saturated rings. The van der Waals surface area contributed by atoms with Crippen molar-refractivity contribution in [3.05, 3.63) is 0 Å². The third-order valence-corrected chi connectivity index (χ3v) is 1.91. The smallest absolute Gasteiger partial charge is 0.407 e. The summed E-state index contributed by atoms with van der Waals surface area (Å²) in [5.74, 6) is 0. The molecule has 0 unspecified atom stereocenters. The Morgan fingerprint density at radius 1 is 1.25 bits per heavy atom. The average Bonchev–Trinajstić information content (AvgIpc) is 2.11. The minimum absolute atomic E-state index is 0.00585. The first-order valence-electron chi connectivity index (χ1n) is 5.60. The maximum atomic E-state index is 11.4. The summed E-state index contributed by atoms with van der Waals surface area (Å²) in [6.07, 6.45) is 1.22. The minimum atomic E-state index is -0.523. The average molecular weight is 233 g/mol. The Bertz CT molecular complexity index is 201. The molecule has 0 rings (SSSR count). The van der Waals surface area contributed by atoms with Crippen molar-refractivity contribution in [2.75, 3.05) is 13.2 Å². The summed E-state index contributed by atoms with van der Waals surface area (Å²) in [6, 6.07) is -0.146. The van der Waals surface area contributed by atoms with Gasteiger partial charge < -0.3 is 20.3 Å². The van der Waals surface area contributed by atoms with Gasteiger partial charge in [0.15, 0.2) is 0 Å². The lowest BCUT2D eigenvalue weighted by atomic mass is 10.1. The molecule has 0 aliphatic rings. The summed E-state index contributed by atoms with van der Waals surface area (Å²) in [7, 11) is 0. The Kier molecular flexibility index (Phi) is 7.08. The quantitative estimate of drug-likeness (QED) is 0.640. The first kappa shape index (κ1) is 15.2. The van der Waals surface area contributed by atoms with Crippen molar-refractivity contribution in [1.29, 1.82) is 0 Å². The number of rotatable bonds is 6. The molecule has 1 atom stereocenters. The van der Waals surface area contributed by atoms with E-state index < -0.39 is 11.7 Å². The van der Waals surface area contributed by atoms with Gasteiger partial charge in [0.2, 0.25) is 0 Å². The van der Waals surface area contributed by atoms with E-state index in [4.69, 9.17) is 14.9 Å². The second-order valence-electron chi connectivity index (χ2n) is 4.72. The molecule has 0 aromatic heterocycles. The van der Waals surface area contributed by atoms with Crippen molar-refractivity contribution < 1.29 is 19.7 Å². The molecule has 0 bridgehead atoms. The SMILES string of the molecule is CC(C)(C)OC(=O)N[C@H](CCO)CCCO. The molecule has 0 radical (unpaired) electrons. The van der Waals surface area contributed by atoms with Crippen LogP contribution >= 0.6 is 0 Å².